The van der Waals surface area contributed by atoms with E-state index in [9.17, 15) is 4.79 Å². The minimum absolute atomic E-state index is 0.00927. The van der Waals surface area contributed by atoms with Crippen molar-refractivity contribution in [3.63, 3.8) is 0 Å². The summed E-state index contributed by atoms with van der Waals surface area (Å²) in [6.07, 6.45) is 0.248. The van der Waals surface area contributed by atoms with Crippen LogP contribution in [-0.4, -0.2) is 61.0 Å². The van der Waals surface area contributed by atoms with Gasteiger partial charge in [0, 0.05) is 31.7 Å². The van der Waals surface area contributed by atoms with Crippen LogP contribution in [0.1, 0.15) is 6.42 Å². The van der Waals surface area contributed by atoms with E-state index in [0.29, 0.717) is 36.8 Å². The van der Waals surface area contributed by atoms with Gasteiger partial charge in [-0.15, -0.1) is 0 Å². The Kier molecular flexibility index (Phi) is 7.52. The van der Waals surface area contributed by atoms with Crippen molar-refractivity contribution >= 4 is 17.3 Å². The predicted molar refractivity (Wildman–Crippen MR) is 81.3 cm³/mol. The van der Waals surface area contributed by atoms with Crippen LogP contribution in [0.5, 0.6) is 5.75 Å². The first-order valence-corrected chi connectivity index (χ1v) is 6.78. The molecule has 7 heteroatoms. The molecule has 0 unspecified atom stereocenters. The molecule has 1 aromatic carbocycles. The third-order valence-corrected chi connectivity index (χ3v) is 2.99. The molecule has 0 fully saturated rings. The van der Waals surface area contributed by atoms with Crippen molar-refractivity contribution in [1.82, 2.24) is 4.90 Å². The highest BCUT2D eigenvalue weighted by Crippen LogP contribution is 2.26. The molecular weight excluding hydrogens is 274 g/mol. The third-order valence-electron chi connectivity index (χ3n) is 2.99. The van der Waals surface area contributed by atoms with Crippen LogP contribution in [0.25, 0.3) is 0 Å². The number of hydrogen-bond donors (Lipinski definition) is 4. The fraction of sp³-hybridized carbons (Fsp3) is 0.500. The quantitative estimate of drug-likeness (QED) is 0.474. The Labute approximate surface area is 124 Å². The molecule has 0 bridgehead atoms. The zero-order chi connectivity index (χ0) is 15.7. The van der Waals surface area contributed by atoms with Gasteiger partial charge >= 0.3 is 0 Å². The first-order valence-electron chi connectivity index (χ1n) is 6.78. The number of aliphatic hydroxyl groups excluding tert-OH is 2. The fourth-order valence-corrected chi connectivity index (χ4v) is 1.91. The molecule has 1 amide bonds. The number of aliphatic hydroxyl groups is 2. The number of nitrogen functional groups attached to an aromatic ring is 1. The topological polar surface area (TPSA) is 108 Å². The van der Waals surface area contributed by atoms with Gasteiger partial charge in [0.25, 0.3) is 0 Å². The largest absolute Gasteiger partial charge is 0.495 e. The number of nitrogens with zero attached hydrogens (tertiary/aromatic N) is 1. The molecule has 1 rings (SSSR count). The third kappa shape index (κ3) is 5.99. The molecule has 7 nitrogen and oxygen atoms in total. The van der Waals surface area contributed by atoms with E-state index in [1.807, 2.05) is 4.90 Å². The molecular formula is C14H23N3O4. The standard InChI is InChI=1S/C14H23N3O4/c1-21-13-3-2-11(15)10-12(13)16-14(20)4-5-17(6-8-18)7-9-19/h2-3,10,18-19H,4-9,15H2,1H3,(H,16,20). The molecule has 0 aliphatic heterocycles. The van der Waals surface area contributed by atoms with Crippen LogP contribution in [0.4, 0.5) is 11.4 Å². The fourth-order valence-electron chi connectivity index (χ4n) is 1.91. The number of amides is 1. The lowest BCUT2D eigenvalue weighted by Crippen LogP contribution is -2.32. The highest BCUT2D eigenvalue weighted by atomic mass is 16.5. The molecule has 0 atom stereocenters. The summed E-state index contributed by atoms with van der Waals surface area (Å²) in [6.45, 7) is 1.29. The summed E-state index contributed by atoms with van der Waals surface area (Å²) in [4.78, 5) is 13.8. The SMILES string of the molecule is COc1ccc(N)cc1NC(=O)CCN(CCO)CCO. The number of ether oxygens (including phenoxy) is 1. The Morgan fingerprint density at radius 3 is 2.52 bits per heavy atom. The maximum Gasteiger partial charge on any atom is 0.225 e. The summed E-state index contributed by atoms with van der Waals surface area (Å²) in [7, 11) is 1.52. The Morgan fingerprint density at radius 2 is 1.95 bits per heavy atom. The molecule has 5 N–H and O–H groups in total. The minimum Gasteiger partial charge on any atom is -0.495 e. The van der Waals surface area contributed by atoms with E-state index < -0.39 is 0 Å². The van der Waals surface area contributed by atoms with Crippen LogP contribution in [0, 0.1) is 0 Å². The van der Waals surface area contributed by atoms with Gasteiger partial charge in [-0.2, -0.15) is 0 Å². The van der Waals surface area contributed by atoms with Gasteiger partial charge in [0.15, 0.2) is 0 Å². The van der Waals surface area contributed by atoms with Gasteiger partial charge in [-0.05, 0) is 18.2 Å². The summed E-state index contributed by atoms with van der Waals surface area (Å²) in [5.74, 6) is 0.361. The number of rotatable bonds is 9. The molecule has 0 spiro atoms. The first kappa shape index (κ1) is 17.2. The van der Waals surface area contributed by atoms with Crippen LogP contribution >= 0.6 is 0 Å². The summed E-state index contributed by atoms with van der Waals surface area (Å²) in [5, 5.41) is 20.6. The molecule has 0 heterocycles. The van der Waals surface area contributed by atoms with Gasteiger partial charge in [0.1, 0.15) is 5.75 Å². The maximum atomic E-state index is 11.9. The van der Waals surface area contributed by atoms with Crippen LogP contribution in [0.15, 0.2) is 18.2 Å². The summed E-state index contributed by atoms with van der Waals surface area (Å²) >= 11 is 0. The summed E-state index contributed by atoms with van der Waals surface area (Å²) in [5.41, 5.74) is 6.75. The Hall–Kier alpha value is -1.83. The van der Waals surface area contributed by atoms with Crippen LogP contribution in [-0.2, 0) is 4.79 Å². The van der Waals surface area contributed by atoms with Crippen molar-refractivity contribution in [1.29, 1.82) is 0 Å². The van der Waals surface area contributed by atoms with E-state index in [1.165, 1.54) is 7.11 Å². The van der Waals surface area contributed by atoms with Crippen molar-refractivity contribution < 1.29 is 19.7 Å². The Morgan fingerprint density at radius 1 is 1.29 bits per heavy atom. The zero-order valence-corrected chi connectivity index (χ0v) is 12.2. The number of anilines is 2. The lowest BCUT2D eigenvalue weighted by atomic mass is 10.2. The van der Waals surface area contributed by atoms with Crippen molar-refractivity contribution in [2.75, 3.05) is 51.0 Å². The normalized spacial score (nSPS) is 10.7. The van der Waals surface area contributed by atoms with Crippen LogP contribution in [0.3, 0.4) is 0 Å². The number of hydrogen-bond acceptors (Lipinski definition) is 6. The van der Waals surface area contributed by atoms with Gasteiger partial charge < -0.3 is 26.0 Å². The van der Waals surface area contributed by atoms with E-state index in [0.717, 1.165) is 0 Å². The number of nitrogens with one attached hydrogen (secondary N) is 1. The van der Waals surface area contributed by atoms with Crippen LogP contribution < -0.4 is 15.8 Å². The summed E-state index contributed by atoms with van der Waals surface area (Å²) < 4.78 is 5.16. The number of nitrogens with two attached hydrogens (primary N) is 1. The van der Waals surface area contributed by atoms with Crippen molar-refractivity contribution in [2.24, 2.45) is 0 Å². The van der Waals surface area contributed by atoms with Gasteiger partial charge in [0.2, 0.25) is 5.91 Å². The molecule has 0 saturated heterocycles. The van der Waals surface area contributed by atoms with E-state index in [2.05, 4.69) is 5.32 Å². The molecule has 21 heavy (non-hydrogen) atoms. The maximum absolute atomic E-state index is 11.9. The predicted octanol–water partition coefficient (Wildman–Crippen LogP) is -0.107. The highest BCUT2D eigenvalue weighted by molar-refractivity contribution is 5.93. The van der Waals surface area contributed by atoms with Crippen molar-refractivity contribution in [3.8, 4) is 5.75 Å². The van der Waals surface area contributed by atoms with E-state index in [1.54, 1.807) is 18.2 Å². The summed E-state index contributed by atoms with van der Waals surface area (Å²) in [6, 6.07) is 5.02. The monoisotopic (exact) mass is 297 g/mol. The number of benzene rings is 1. The Balaban J connectivity index is 2.55. The molecule has 0 aliphatic carbocycles. The zero-order valence-electron chi connectivity index (χ0n) is 12.2. The molecule has 0 aliphatic rings. The molecule has 118 valence electrons. The van der Waals surface area contributed by atoms with Gasteiger partial charge in [-0.3, -0.25) is 9.69 Å². The number of methoxy groups -OCH3 is 1. The second-order valence-corrected chi connectivity index (χ2v) is 4.55. The number of carbonyl (C=O) groups is 1. The van der Waals surface area contributed by atoms with Gasteiger partial charge in [-0.25, -0.2) is 0 Å². The molecule has 0 aromatic heterocycles. The molecule has 1 aromatic rings. The van der Waals surface area contributed by atoms with Crippen molar-refractivity contribution in [3.05, 3.63) is 18.2 Å². The Bertz CT molecular complexity index is 448. The first-order chi connectivity index (χ1) is 10.1. The smallest absolute Gasteiger partial charge is 0.225 e. The van der Waals surface area contributed by atoms with Crippen molar-refractivity contribution in [2.45, 2.75) is 6.42 Å². The average Bonchev–Trinajstić information content (AvgIpc) is 2.45. The average molecular weight is 297 g/mol. The van der Waals surface area contributed by atoms with E-state index in [4.69, 9.17) is 20.7 Å². The second kappa shape index (κ2) is 9.17. The molecule has 0 radical (unpaired) electrons. The minimum atomic E-state index is -0.181. The highest BCUT2D eigenvalue weighted by Gasteiger charge is 2.10. The lowest BCUT2D eigenvalue weighted by molar-refractivity contribution is -0.116. The van der Waals surface area contributed by atoms with Gasteiger partial charge in [-0.1, -0.05) is 0 Å². The van der Waals surface area contributed by atoms with Gasteiger partial charge in [0.05, 0.1) is 26.0 Å². The molecule has 0 saturated carbocycles. The second-order valence-electron chi connectivity index (χ2n) is 4.55. The number of carbonyl (C=O) groups excluding carboxylic acids is 1. The van der Waals surface area contributed by atoms with E-state index in [-0.39, 0.29) is 25.5 Å². The lowest BCUT2D eigenvalue weighted by Gasteiger charge is -2.19. The van der Waals surface area contributed by atoms with E-state index >= 15 is 0 Å². The van der Waals surface area contributed by atoms with Crippen LogP contribution in [0.2, 0.25) is 0 Å².